The summed E-state index contributed by atoms with van der Waals surface area (Å²) in [5.41, 5.74) is 1.25. The first kappa shape index (κ1) is 16.8. The Morgan fingerprint density at radius 3 is 2.35 bits per heavy atom. The molecule has 0 atom stereocenters. The zero-order chi connectivity index (χ0) is 17.0. The van der Waals surface area contributed by atoms with Crippen LogP contribution in [0.3, 0.4) is 0 Å². The Labute approximate surface area is 134 Å². The first-order valence-corrected chi connectivity index (χ1v) is 7.09. The van der Waals surface area contributed by atoms with Crippen LogP contribution < -0.4 is 5.32 Å². The highest BCUT2D eigenvalue weighted by atomic mass is 19.1. The van der Waals surface area contributed by atoms with Crippen LogP contribution in [0.2, 0.25) is 0 Å². The van der Waals surface area contributed by atoms with Crippen LogP contribution in [-0.4, -0.2) is 35.1 Å². The van der Waals surface area contributed by atoms with Gasteiger partial charge in [-0.1, -0.05) is 18.2 Å². The molecule has 0 aliphatic rings. The van der Waals surface area contributed by atoms with Crippen molar-refractivity contribution in [3.05, 3.63) is 58.9 Å². The molecule has 6 heteroatoms. The largest absolute Gasteiger partial charge is 0.504 e. The lowest BCUT2D eigenvalue weighted by molar-refractivity contribution is 0.0947. The van der Waals surface area contributed by atoms with Crippen molar-refractivity contribution in [2.45, 2.75) is 13.1 Å². The Hall–Kier alpha value is -2.60. The number of carbonyl (C=O) groups excluding carboxylic acids is 1. The van der Waals surface area contributed by atoms with Crippen LogP contribution >= 0.6 is 0 Å². The van der Waals surface area contributed by atoms with Gasteiger partial charge in [0, 0.05) is 18.7 Å². The second-order valence-electron chi connectivity index (χ2n) is 5.52. The maximum Gasteiger partial charge on any atom is 0.255 e. The number of nitrogens with one attached hydrogen (secondary N) is 1. The van der Waals surface area contributed by atoms with Gasteiger partial charge in [-0.3, -0.25) is 4.79 Å². The van der Waals surface area contributed by atoms with Gasteiger partial charge in [0.15, 0.2) is 11.5 Å². The summed E-state index contributed by atoms with van der Waals surface area (Å²) < 4.78 is 12.8. The van der Waals surface area contributed by atoms with Crippen molar-refractivity contribution in [1.29, 1.82) is 0 Å². The average molecular weight is 318 g/mol. The second kappa shape index (κ2) is 7.11. The van der Waals surface area contributed by atoms with Crippen molar-refractivity contribution in [2.75, 3.05) is 14.1 Å². The van der Waals surface area contributed by atoms with Gasteiger partial charge in [0.25, 0.3) is 5.91 Å². The number of amides is 1. The van der Waals surface area contributed by atoms with E-state index in [1.54, 1.807) is 18.2 Å². The molecule has 0 saturated heterocycles. The van der Waals surface area contributed by atoms with Crippen molar-refractivity contribution in [2.24, 2.45) is 0 Å². The van der Waals surface area contributed by atoms with Gasteiger partial charge in [0.05, 0.1) is 5.56 Å². The molecule has 0 fully saturated rings. The van der Waals surface area contributed by atoms with E-state index in [0.717, 1.165) is 5.56 Å². The highest BCUT2D eigenvalue weighted by molar-refractivity contribution is 5.97. The third-order valence-electron chi connectivity index (χ3n) is 3.33. The molecular formula is C17H19FN2O3. The highest BCUT2D eigenvalue weighted by Gasteiger charge is 2.17. The number of aromatic hydroxyl groups is 2. The van der Waals surface area contributed by atoms with Crippen molar-refractivity contribution in [1.82, 2.24) is 10.2 Å². The summed E-state index contributed by atoms with van der Waals surface area (Å²) in [7, 11) is 3.67. The lowest BCUT2D eigenvalue weighted by atomic mass is 10.1. The van der Waals surface area contributed by atoms with Crippen LogP contribution in [0.15, 0.2) is 36.4 Å². The molecule has 2 aromatic carbocycles. The van der Waals surface area contributed by atoms with E-state index in [9.17, 15) is 19.4 Å². The standard InChI is InChI=1S/C17H19FN2O3/c1-20(2)10-12-5-8-14(16(22)15(12)21)17(23)19-9-11-3-6-13(18)7-4-11/h3-8,21-22H,9-10H2,1-2H3,(H,19,23). The van der Waals surface area contributed by atoms with Gasteiger partial charge in [-0.05, 0) is 37.9 Å². The van der Waals surface area contributed by atoms with Crippen LogP contribution in [0.25, 0.3) is 0 Å². The Bertz CT molecular complexity index is 700. The van der Waals surface area contributed by atoms with Gasteiger partial charge in [-0.15, -0.1) is 0 Å². The van der Waals surface area contributed by atoms with Crippen molar-refractivity contribution in [3.63, 3.8) is 0 Å². The van der Waals surface area contributed by atoms with Gasteiger partial charge in [0.1, 0.15) is 5.82 Å². The third kappa shape index (κ3) is 4.20. The SMILES string of the molecule is CN(C)Cc1ccc(C(=O)NCc2ccc(F)cc2)c(O)c1O. The Balaban J connectivity index is 2.10. The molecule has 2 rings (SSSR count). The molecule has 0 aliphatic heterocycles. The van der Waals surface area contributed by atoms with Crippen molar-refractivity contribution in [3.8, 4) is 11.5 Å². The molecule has 0 spiro atoms. The molecular weight excluding hydrogens is 299 g/mol. The fraction of sp³-hybridized carbons (Fsp3) is 0.235. The van der Waals surface area contributed by atoms with Gasteiger partial charge in [-0.2, -0.15) is 0 Å². The second-order valence-corrected chi connectivity index (χ2v) is 5.52. The fourth-order valence-corrected chi connectivity index (χ4v) is 2.15. The number of nitrogens with zero attached hydrogens (tertiary/aromatic N) is 1. The lowest BCUT2D eigenvalue weighted by Crippen LogP contribution is -2.23. The highest BCUT2D eigenvalue weighted by Crippen LogP contribution is 2.33. The van der Waals surface area contributed by atoms with Crippen LogP contribution in [0, 0.1) is 5.82 Å². The minimum Gasteiger partial charge on any atom is -0.504 e. The van der Waals surface area contributed by atoms with E-state index < -0.39 is 11.7 Å². The summed E-state index contributed by atoms with van der Waals surface area (Å²) in [5.74, 6) is -1.60. The zero-order valence-electron chi connectivity index (χ0n) is 13.0. The summed E-state index contributed by atoms with van der Waals surface area (Å²) in [6.07, 6.45) is 0. The molecule has 1 amide bonds. The molecule has 122 valence electrons. The van der Waals surface area contributed by atoms with Gasteiger partial charge >= 0.3 is 0 Å². The maximum absolute atomic E-state index is 12.8. The maximum atomic E-state index is 12.8. The van der Waals surface area contributed by atoms with E-state index in [0.29, 0.717) is 12.1 Å². The normalized spacial score (nSPS) is 10.8. The average Bonchev–Trinajstić information content (AvgIpc) is 2.51. The van der Waals surface area contributed by atoms with Crippen LogP contribution in [0.1, 0.15) is 21.5 Å². The first-order chi connectivity index (χ1) is 10.9. The number of hydrogen-bond acceptors (Lipinski definition) is 4. The van der Waals surface area contributed by atoms with E-state index in [4.69, 9.17) is 0 Å². The number of phenols is 2. The van der Waals surface area contributed by atoms with Gasteiger partial charge < -0.3 is 20.4 Å². The molecule has 0 unspecified atom stereocenters. The Morgan fingerprint density at radius 1 is 1.09 bits per heavy atom. The predicted molar refractivity (Wildman–Crippen MR) is 84.7 cm³/mol. The number of phenolic OH excluding ortho intramolecular Hbond substituents is 2. The molecule has 2 aromatic rings. The van der Waals surface area contributed by atoms with E-state index in [1.165, 1.54) is 18.2 Å². The minimum atomic E-state index is -0.515. The molecule has 0 aromatic heterocycles. The Morgan fingerprint density at radius 2 is 1.74 bits per heavy atom. The quantitative estimate of drug-likeness (QED) is 0.739. The third-order valence-corrected chi connectivity index (χ3v) is 3.33. The molecule has 23 heavy (non-hydrogen) atoms. The smallest absolute Gasteiger partial charge is 0.255 e. The van der Waals surface area contributed by atoms with Crippen molar-refractivity contribution >= 4 is 5.91 Å². The number of rotatable bonds is 5. The molecule has 5 nitrogen and oxygen atoms in total. The molecule has 0 radical (unpaired) electrons. The van der Waals surface area contributed by atoms with E-state index in [1.807, 2.05) is 19.0 Å². The van der Waals surface area contributed by atoms with Crippen LogP contribution in [0.4, 0.5) is 4.39 Å². The predicted octanol–water partition coefficient (Wildman–Crippen LogP) is 2.23. The summed E-state index contributed by atoms with van der Waals surface area (Å²) >= 11 is 0. The topological polar surface area (TPSA) is 72.8 Å². The van der Waals surface area contributed by atoms with E-state index >= 15 is 0 Å². The molecule has 0 aliphatic carbocycles. The lowest BCUT2D eigenvalue weighted by Gasteiger charge is -2.14. The monoisotopic (exact) mass is 318 g/mol. The molecule has 0 heterocycles. The van der Waals surface area contributed by atoms with Crippen molar-refractivity contribution < 1.29 is 19.4 Å². The van der Waals surface area contributed by atoms with E-state index in [2.05, 4.69) is 5.32 Å². The number of halogens is 1. The minimum absolute atomic E-state index is 0.00730. The molecule has 3 N–H and O–H groups in total. The van der Waals surface area contributed by atoms with Gasteiger partial charge in [-0.25, -0.2) is 4.39 Å². The number of carbonyl (C=O) groups is 1. The number of hydrogen-bond donors (Lipinski definition) is 3. The number of benzene rings is 2. The fourth-order valence-electron chi connectivity index (χ4n) is 2.15. The Kier molecular flexibility index (Phi) is 5.18. The zero-order valence-corrected chi connectivity index (χ0v) is 13.0. The molecule has 0 bridgehead atoms. The summed E-state index contributed by atoms with van der Waals surface area (Å²) in [6, 6.07) is 8.80. The first-order valence-electron chi connectivity index (χ1n) is 7.09. The summed E-state index contributed by atoms with van der Waals surface area (Å²) in [5, 5.41) is 22.6. The molecule has 0 saturated carbocycles. The summed E-state index contributed by atoms with van der Waals surface area (Å²) in [4.78, 5) is 14.0. The van der Waals surface area contributed by atoms with Crippen LogP contribution in [-0.2, 0) is 13.1 Å². The van der Waals surface area contributed by atoms with Gasteiger partial charge in [0.2, 0.25) is 0 Å². The summed E-state index contributed by atoms with van der Waals surface area (Å²) in [6.45, 7) is 0.635. The van der Waals surface area contributed by atoms with Crippen LogP contribution in [0.5, 0.6) is 11.5 Å². The van der Waals surface area contributed by atoms with E-state index in [-0.39, 0.29) is 23.7 Å².